The molecule has 2 N–H and O–H groups in total. The summed E-state index contributed by atoms with van der Waals surface area (Å²) >= 11 is 1.19. The topological polar surface area (TPSA) is 139 Å². The van der Waals surface area contributed by atoms with E-state index >= 15 is 0 Å². The molecule has 0 aliphatic heterocycles. The van der Waals surface area contributed by atoms with Gasteiger partial charge in [0.15, 0.2) is 5.01 Å². The molecule has 35 heavy (non-hydrogen) atoms. The predicted molar refractivity (Wildman–Crippen MR) is 133 cm³/mol. The number of nitrogens with one attached hydrogen (secondary N) is 2. The third-order valence-electron chi connectivity index (χ3n) is 5.07. The molecule has 0 aromatic carbocycles. The number of sulfonamides is 1. The number of hydrogen-bond acceptors (Lipinski definition) is 10. The van der Waals surface area contributed by atoms with Crippen LogP contribution < -0.4 is 14.8 Å². The van der Waals surface area contributed by atoms with Crippen molar-refractivity contribution in [3.8, 4) is 16.5 Å². The molecular formula is C22H27N7O4S2. The Morgan fingerprint density at radius 3 is 2.77 bits per heavy atom. The average Bonchev–Trinajstić information content (AvgIpc) is 3.57. The number of thiazole rings is 1. The van der Waals surface area contributed by atoms with Crippen molar-refractivity contribution >= 4 is 33.0 Å². The summed E-state index contributed by atoms with van der Waals surface area (Å²) in [4.78, 5) is 32.8. The normalized spacial score (nSPS) is 14.5. The van der Waals surface area contributed by atoms with Crippen LogP contribution in [0.1, 0.15) is 41.3 Å². The third-order valence-corrected chi connectivity index (χ3v) is 7.96. The molecule has 1 atom stereocenters. The second-order valence-corrected chi connectivity index (χ2v) is 11.3. The number of amides is 1. The van der Waals surface area contributed by atoms with E-state index in [0.29, 0.717) is 53.8 Å². The first-order valence-electron chi connectivity index (χ1n) is 11.1. The van der Waals surface area contributed by atoms with Crippen molar-refractivity contribution in [3.05, 3.63) is 47.6 Å². The zero-order chi connectivity index (χ0) is 25.0. The van der Waals surface area contributed by atoms with Gasteiger partial charge < -0.3 is 15.0 Å². The molecule has 3 aromatic rings. The first kappa shape index (κ1) is 24.9. The van der Waals surface area contributed by atoms with Crippen molar-refractivity contribution in [2.24, 2.45) is 0 Å². The molecule has 4 rings (SSSR count). The van der Waals surface area contributed by atoms with Gasteiger partial charge in [-0.25, -0.2) is 18.4 Å². The highest BCUT2D eigenvalue weighted by Gasteiger charge is 2.35. The Labute approximate surface area is 208 Å². The molecule has 13 heteroatoms. The lowest BCUT2D eigenvalue weighted by Gasteiger charge is -2.22. The summed E-state index contributed by atoms with van der Waals surface area (Å²) in [6.07, 6.45) is 7.56. The predicted octanol–water partition coefficient (Wildman–Crippen LogP) is 2.33. The van der Waals surface area contributed by atoms with Crippen molar-refractivity contribution in [1.82, 2.24) is 30.2 Å². The van der Waals surface area contributed by atoms with Gasteiger partial charge in [0, 0.05) is 18.9 Å². The Kier molecular flexibility index (Phi) is 7.57. The van der Waals surface area contributed by atoms with Gasteiger partial charge in [0.2, 0.25) is 15.9 Å². The molecule has 1 saturated carbocycles. The van der Waals surface area contributed by atoms with E-state index in [-0.39, 0.29) is 16.2 Å². The largest absolute Gasteiger partial charge is 0.477 e. The molecule has 186 valence electrons. The summed E-state index contributed by atoms with van der Waals surface area (Å²) in [6.45, 7) is 2.79. The van der Waals surface area contributed by atoms with E-state index in [9.17, 15) is 13.2 Å². The van der Waals surface area contributed by atoms with Gasteiger partial charge >= 0.3 is 0 Å². The Hall–Kier alpha value is -3.16. The van der Waals surface area contributed by atoms with Gasteiger partial charge in [0.25, 0.3) is 5.91 Å². The highest BCUT2D eigenvalue weighted by atomic mass is 32.2. The molecular weight excluding hydrogens is 490 g/mol. The first-order chi connectivity index (χ1) is 16.7. The quantitative estimate of drug-likeness (QED) is 0.392. The summed E-state index contributed by atoms with van der Waals surface area (Å²) in [5, 5.41) is 2.89. The number of anilines is 1. The van der Waals surface area contributed by atoms with Crippen LogP contribution >= 0.6 is 11.3 Å². The van der Waals surface area contributed by atoms with Crippen molar-refractivity contribution < 1.29 is 17.9 Å². The molecule has 3 aromatic heterocycles. The number of rotatable bonds is 11. The van der Waals surface area contributed by atoms with Crippen LogP contribution in [-0.2, 0) is 10.0 Å². The van der Waals surface area contributed by atoms with Crippen molar-refractivity contribution in [1.29, 1.82) is 0 Å². The second-order valence-electron chi connectivity index (χ2n) is 8.31. The molecule has 1 fully saturated rings. The Morgan fingerprint density at radius 1 is 1.26 bits per heavy atom. The zero-order valence-corrected chi connectivity index (χ0v) is 21.3. The lowest BCUT2D eigenvalue weighted by molar-refractivity contribution is 0.0928. The number of likely N-dealkylation sites (N-methyl/N-ethyl adjacent to an activating group) is 1. The zero-order valence-electron chi connectivity index (χ0n) is 19.6. The van der Waals surface area contributed by atoms with Gasteiger partial charge in [-0.1, -0.05) is 0 Å². The monoisotopic (exact) mass is 517 g/mol. The van der Waals surface area contributed by atoms with Crippen LogP contribution in [0, 0.1) is 0 Å². The third kappa shape index (κ3) is 6.50. The molecule has 1 aliphatic carbocycles. The Morgan fingerprint density at radius 2 is 2.06 bits per heavy atom. The van der Waals surface area contributed by atoms with Crippen LogP contribution in [0.15, 0.2) is 36.9 Å². The fourth-order valence-electron chi connectivity index (χ4n) is 3.31. The summed E-state index contributed by atoms with van der Waals surface area (Å²) in [7, 11) is 0.353. The molecule has 0 unspecified atom stereocenters. The van der Waals surface area contributed by atoms with Crippen LogP contribution in [-0.4, -0.2) is 71.7 Å². The van der Waals surface area contributed by atoms with Gasteiger partial charge in [-0.3, -0.25) is 19.5 Å². The van der Waals surface area contributed by atoms with Crippen LogP contribution in [0.2, 0.25) is 0 Å². The Balaban J connectivity index is 1.51. The number of carbonyl (C=O) groups excluding carboxylic acids is 1. The van der Waals surface area contributed by atoms with Crippen molar-refractivity contribution in [2.45, 2.75) is 31.1 Å². The average molecular weight is 518 g/mol. The SMILES string of the molecule is CCOc1cncc(-c2cnc(C(=O)N[C@H](CN(C)C)c3cc(NS(=O)(=O)C4CC4)ccn3)s2)n1. The first-order valence-corrected chi connectivity index (χ1v) is 13.5. The molecule has 11 nitrogen and oxygen atoms in total. The summed E-state index contributed by atoms with van der Waals surface area (Å²) in [6, 6.07) is 2.76. The number of aromatic nitrogens is 4. The van der Waals surface area contributed by atoms with Gasteiger partial charge in [-0.05, 0) is 46.0 Å². The number of carbonyl (C=O) groups is 1. The highest BCUT2D eigenvalue weighted by Crippen LogP contribution is 2.30. The summed E-state index contributed by atoms with van der Waals surface area (Å²) < 4.78 is 32.7. The number of nitrogens with zero attached hydrogens (tertiary/aromatic N) is 5. The smallest absolute Gasteiger partial charge is 0.280 e. The number of hydrogen-bond donors (Lipinski definition) is 2. The van der Waals surface area contributed by atoms with E-state index in [0.717, 1.165) is 0 Å². The summed E-state index contributed by atoms with van der Waals surface area (Å²) in [5.74, 6) is 0.0338. The fourth-order valence-corrected chi connectivity index (χ4v) is 5.46. The lowest BCUT2D eigenvalue weighted by Crippen LogP contribution is -2.35. The summed E-state index contributed by atoms with van der Waals surface area (Å²) in [5.41, 5.74) is 1.52. The minimum absolute atomic E-state index is 0.262. The van der Waals surface area contributed by atoms with Gasteiger partial charge in [-0.15, -0.1) is 11.3 Å². The van der Waals surface area contributed by atoms with E-state index < -0.39 is 16.1 Å². The van der Waals surface area contributed by atoms with Crippen LogP contribution in [0.3, 0.4) is 0 Å². The molecule has 0 saturated heterocycles. The number of pyridine rings is 1. The van der Waals surface area contributed by atoms with E-state index in [1.807, 2.05) is 25.9 Å². The molecule has 0 radical (unpaired) electrons. The minimum atomic E-state index is -3.41. The Bertz CT molecular complexity index is 1290. The minimum Gasteiger partial charge on any atom is -0.477 e. The van der Waals surface area contributed by atoms with Crippen molar-refractivity contribution in [2.75, 3.05) is 32.0 Å². The number of ether oxygens (including phenoxy) is 1. The van der Waals surface area contributed by atoms with E-state index in [4.69, 9.17) is 4.74 Å². The molecule has 0 bridgehead atoms. The van der Waals surface area contributed by atoms with Gasteiger partial charge in [0.1, 0.15) is 5.69 Å². The molecule has 0 spiro atoms. The highest BCUT2D eigenvalue weighted by molar-refractivity contribution is 7.93. The van der Waals surface area contributed by atoms with E-state index in [1.165, 1.54) is 23.7 Å². The fraction of sp³-hybridized carbons (Fsp3) is 0.409. The molecule has 1 aliphatic rings. The maximum absolute atomic E-state index is 13.1. The maximum Gasteiger partial charge on any atom is 0.280 e. The van der Waals surface area contributed by atoms with Crippen LogP contribution in [0.25, 0.3) is 10.6 Å². The lowest BCUT2D eigenvalue weighted by atomic mass is 10.1. The van der Waals surface area contributed by atoms with E-state index in [1.54, 1.807) is 24.5 Å². The van der Waals surface area contributed by atoms with Crippen molar-refractivity contribution in [3.63, 3.8) is 0 Å². The van der Waals surface area contributed by atoms with Gasteiger partial charge in [-0.2, -0.15) is 0 Å². The molecule has 3 heterocycles. The maximum atomic E-state index is 13.1. The van der Waals surface area contributed by atoms with Crippen LogP contribution in [0.5, 0.6) is 5.88 Å². The molecule has 1 amide bonds. The van der Waals surface area contributed by atoms with Gasteiger partial charge in [0.05, 0.1) is 46.6 Å². The van der Waals surface area contributed by atoms with Crippen LogP contribution in [0.4, 0.5) is 5.69 Å². The van der Waals surface area contributed by atoms with E-state index in [2.05, 4.69) is 30.0 Å². The second kappa shape index (κ2) is 10.6. The standard InChI is InChI=1S/C22H27N7O4S2/c1-4-33-20-12-23-10-17(26-20)19-11-25-22(34-19)21(30)27-18(13-29(2)3)16-9-14(7-8-24-16)28-35(31,32)15-5-6-15/h7-12,15,18H,4-6,13H2,1-3H3,(H,24,28)(H,27,30)/t18-/m1/s1.